The molecule has 0 heterocycles. The Bertz CT molecular complexity index is 406. The Morgan fingerprint density at radius 2 is 1.95 bits per heavy atom. The molecule has 19 heavy (non-hydrogen) atoms. The Labute approximate surface area is 116 Å². The van der Waals surface area contributed by atoms with E-state index in [4.69, 9.17) is 9.47 Å². The summed E-state index contributed by atoms with van der Waals surface area (Å²) in [6.07, 6.45) is 3.82. The van der Waals surface area contributed by atoms with Crippen LogP contribution in [0.3, 0.4) is 0 Å². The van der Waals surface area contributed by atoms with Gasteiger partial charge in [0.05, 0.1) is 14.2 Å². The molecule has 1 aliphatic rings. The number of hydrogen-bond donors (Lipinski definition) is 1. The summed E-state index contributed by atoms with van der Waals surface area (Å²) in [6.45, 7) is 4.46. The zero-order chi connectivity index (χ0) is 13.7. The second-order valence-electron chi connectivity index (χ2n) is 5.26. The van der Waals surface area contributed by atoms with Crippen molar-refractivity contribution in [1.29, 1.82) is 0 Å². The fraction of sp³-hybridized carbons (Fsp3) is 0.625. The van der Waals surface area contributed by atoms with Crippen LogP contribution in [0.5, 0.6) is 11.5 Å². The van der Waals surface area contributed by atoms with Crippen LogP contribution in [-0.4, -0.2) is 27.3 Å². The Balaban J connectivity index is 2.01. The zero-order valence-electron chi connectivity index (χ0n) is 12.2. The molecule has 3 heteroatoms. The minimum atomic E-state index is 0.671. The van der Waals surface area contributed by atoms with Gasteiger partial charge in [-0.1, -0.05) is 13.0 Å². The first-order valence-corrected chi connectivity index (χ1v) is 7.22. The molecule has 0 spiro atoms. The van der Waals surface area contributed by atoms with E-state index in [1.165, 1.54) is 24.8 Å². The first kappa shape index (κ1) is 14.2. The Hall–Kier alpha value is -1.22. The number of benzene rings is 1. The largest absolute Gasteiger partial charge is 0.493 e. The highest BCUT2D eigenvalue weighted by Crippen LogP contribution is 2.44. The maximum atomic E-state index is 5.39. The van der Waals surface area contributed by atoms with Crippen molar-refractivity contribution < 1.29 is 9.47 Å². The summed E-state index contributed by atoms with van der Waals surface area (Å²) < 4.78 is 10.7. The lowest BCUT2D eigenvalue weighted by Gasteiger charge is -2.37. The monoisotopic (exact) mass is 263 g/mol. The summed E-state index contributed by atoms with van der Waals surface area (Å²) in [6, 6.07) is 6.33. The Morgan fingerprint density at radius 3 is 2.53 bits per heavy atom. The van der Waals surface area contributed by atoms with E-state index >= 15 is 0 Å². The molecule has 1 aromatic rings. The molecule has 1 aromatic carbocycles. The highest BCUT2D eigenvalue weighted by molar-refractivity contribution is 5.44. The summed E-state index contributed by atoms with van der Waals surface area (Å²) in [5, 5.41) is 3.53. The van der Waals surface area contributed by atoms with E-state index in [1.807, 2.05) is 6.07 Å². The molecule has 0 saturated heterocycles. The Morgan fingerprint density at radius 1 is 1.16 bits per heavy atom. The van der Waals surface area contributed by atoms with Crippen molar-refractivity contribution in [2.45, 2.75) is 32.1 Å². The van der Waals surface area contributed by atoms with Gasteiger partial charge in [-0.05, 0) is 61.9 Å². The van der Waals surface area contributed by atoms with Gasteiger partial charge in [0.2, 0.25) is 0 Å². The number of rotatable bonds is 7. The predicted octanol–water partition coefficient (Wildman–Crippen LogP) is 3.20. The second-order valence-corrected chi connectivity index (χ2v) is 5.26. The maximum absolute atomic E-state index is 5.39. The second kappa shape index (κ2) is 6.80. The highest BCUT2D eigenvalue weighted by atomic mass is 16.5. The molecule has 2 atom stereocenters. The quantitative estimate of drug-likeness (QED) is 0.766. The predicted molar refractivity (Wildman–Crippen MR) is 78.2 cm³/mol. The molecule has 2 rings (SSSR count). The zero-order valence-corrected chi connectivity index (χ0v) is 12.2. The van der Waals surface area contributed by atoms with E-state index in [0.717, 1.165) is 30.5 Å². The van der Waals surface area contributed by atoms with Gasteiger partial charge in [-0.3, -0.25) is 0 Å². The van der Waals surface area contributed by atoms with Crippen molar-refractivity contribution >= 4 is 0 Å². The summed E-state index contributed by atoms with van der Waals surface area (Å²) >= 11 is 0. The van der Waals surface area contributed by atoms with Gasteiger partial charge in [-0.25, -0.2) is 0 Å². The van der Waals surface area contributed by atoms with Gasteiger partial charge in [-0.2, -0.15) is 0 Å². The molecule has 3 nitrogen and oxygen atoms in total. The van der Waals surface area contributed by atoms with Gasteiger partial charge in [0, 0.05) is 0 Å². The summed E-state index contributed by atoms with van der Waals surface area (Å²) in [7, 11) is 3.38. The molecular formula is C16H25NO2. The van der Waals surface area contributed by atoms with Gasteiger partial charge >= 0.3 is 0 Å². The van der Waals surface area contributed by atoms with Crippen LogP contribution in [0.4, 0.5) is 0 Å². The number of ether oxygens (including phenoxy) is 2. The van der Waals surface area contributed by atoms with Crippen molar-refractivity contribution in [2.24, 2.45) is 5.92 Å². The van der Waals surface area contributed by atoms with E-state index in [1.54, 1.807) is 14.2 Å². The van der Waals surface area contributed by atoms with Gasteiger partial charge in [-0.15, -0.1) is 0 Å². The van der Waals surface area contributed by atoms with E-state index in [-0.39, 0.29) is 0 Å². The van der Waals surface area contributed by atoms with E-state index < -0.39 is 0 Å². The number of nitrogens with one attached hydrogen (secondary N) is 1. The van der Waals surface area contributed by atoms with Gasteiger partial charge in [0.15, 0.2) is 11.5 Å². The maximum Gasteiger partial charge on any atom is 0.160 e. The molecule has 0 aromatic heterocycles. The van der Waals surface area contributed by atoms with Crippen molar-refractivity contribution in [3.63, 3.8) is 0 Å². The summed E-state index contributed by atoms with van der Waals surface area (Å²) in [5.74, 6) is 3.09. The van der Waals surface area contributed by atoms with Crippen molar-refractivity contribution in [3.05, 3.63) is 23.8 Å². The van der Waals surface area contributed by atoms with Crippen molar-refractivity contribution in [2.75, 3.05) is 27.3 Å². The van der Waals surface area contributed by atoms with Gasteiger partial charge < -0.3 is 14.8 Å². The van der Waals surface area contributed by atoms with Crippen molar-refractivity contribution in [1.82, 2.24) is 5.32 Å². The van der Waals surface area contributed by atoms with Crippen LogP contribution in [0.15, 0.2) is 18.2 Å². The highest BCUT2D eigenvalue weighted by Gasteiger charge is 2.32. The molecule has 0 radical (unpaired) electrons. The third-order valence-corrected chi connectivity index (χ3v) is 4.09. The van der Waals surface area contributed by atoms with Crippen molar-refractivity contribution in [3.8, 4) is 11.5 Å². The normalized spacial score (nSPS) is 21.8. The molecule has 0 aliphatic heterocycles. The fourth-order valence-corrected chi connectivity index (χ4v) is 2.80. The molecule has 106 valence electrons. The van der Waals surface area contributed by atoms with Crippen LogP contribution in [0, 0.1) is 5.92 Å². The molecule has 1 N–H and O–H groups in total. The standard InChI is InChI=1S/C16H25NO2/c1-4-9-17-11-13-5-7-14(13)12-6-8-15(18-2)16(10-12)19-3/h6,8,10,13-14,17H,4-5,7,9,11H2,1-3H3. The first-order valence-electron chi connectivity index (χ1n) is 7.22. The summed E-state index contributed by atoms with van der Waals surface area (Å²) in [4.78, 5) is 0. The van der Waals surface area contributed by atoms with Crippen LogP contribution in [0.2, 0.25) is 0 Å². The van der Waals surface area contributed by atoms with Gasteiger partial charge in [0.25, 0.3) is 0 Å². The minimum Gasteiger partial charge on any atom is -0.493 e. The molecule has 1 aliphatic carbocycles. The first-order chi connectivity index (χ1) is 9.30. The summed E-state index contributed by atoms with van der Waals surface area (Å²) in [5.41, 5.74) is 1.38. The van der Waals surface area contributed by atoms with Crippen LogP contribution in [0.1, 0.15) is 37.7 Å². The van der Waals surface area contributed by atoms with E-state index in [0.29, 0.717) is 5.92 Å². The van der Waals surface area contributed by atoms with E-state index in [2.05, 4.69) is 24.4 Å². The lowest BCUT2D eigenvalue weighted by molar-refractivity contribution is 0.245. The minimum absolute atomic E-state index is 0.671. The molecule has 2 unspecified atom stereocenters. The SMILES string of the molecule is CCCNCC1CCC1c1ccc(OC)c(OC)c1. The number of hydrogen-bond acceptors (Lipinski definition) is 3. The van der Waals surface area contributed by atoms with Gasteiger partial charge in [0.1, 0.15) is 0 Å². The molecule has 1 fully saturated rings. The average molecular weight is 263 g/mol. The molecule has 1 saturated carbocycles. The third kappa shape index (κ3) is 3.21. The number of methoxy groups -OCH3 is 2. The van der Waals surface area contributed by atoms with Crippen LogP contribution in [-0.2, 0) is 0 Å². The Kier molecular flexibility index (Phi) is 5.08. The fourth-order valence-electron chi connectivity index (χ4n) is 2.80. The lowest BCUT2D eigenvalue weighted by atomic mass is 9.70. The molecule has 0 bridgehead atoms. The average Bonchev–Trinajstić information content (AvgIpc) is 2.42. The third-order valence-electron chi connectivity index (χ3n) is 4.09. The topological polar surface area (TPSA) is 30.5 Å². The van der Waals surface area contributed by atoms with E-state index in [9.17, 15) is 0 Å². The van der Waals surface area contributed by atoms with Crippen LogP contribution in [0.25, 0.3) is 0 Å². The molecular weight excluding hydrogens is 238 g/mol. The van der Waals surface area contributed by atoms with Crippen LogP contribution < -0.4 is 14.8 Å². The smallest absolute Gasteiger partial charge is 0.160 e. The van der Waals surface area contributed by atoms with Crippen LogP contribution >= 0.6 is 0 Å². The molecule has 0 amide bonds. The lowest BCUT2D eigenvalue weighted by Crippen LogP contribution is -2.34.